The molecule has 55 heavy (non-hydrogen) atoms. The van der Waals surface area contributed by atoms with E-state index in [1.54, 1.807) is 0 Å². The summed E-state index contributed by atoms with van der Waals surface area (Å²) >= 11 is 0. The fraction of sp³-hybridized carbons (Fsp3) is 0.829. The molecule has 0 spiro atoms. The molecule has 4 fully saturated rings. The quantitative estimate of drug-likeness (QED) is 0.0615. The summed E-state index contributed by atoms with van der Waals surface area (Å²) in [6, 6.07) is 5.96. The third kappa shape index (κ3) is 10.7. The zero-order valence-electron chi connectivity index (χ0n) is 30.8. The highest BCUT2D eigenvalue weighted by Crippen LogP contribution is 2.35. The first-order valence-electron chi connectivity index (χ1n) is 19.0. The van der Waals surface area contributed by atoms with Crippen LogP contribution >= 0.6 is 0 Å². The molecule has 0 aromatic heterocycles. The molecule has 0 radical (unpaired) electrons. The number of aliphatic hydroxyl groups is 7. The number of nitrogens with two attached hydrogens (primary N) is 5. The Bertz CT molecular complexity index is 1270. The summed E-state index contributed by atoms with van der Waals surface area (Å²) < 4.78 is 42.7. The molecule has 0 unspecified atom stereocenters. The molecule has 18 N–H and O–H groups in total. The van der Waals surface area contributed by atoms with Gasteiger partial charge in [-0.1, -0.05) is 30.3 Å². The van der Waals surface area contributed by atoms with Crippen LogP contribution in [0, 0.1) is 0 Å². The van der Waals surface area contributed by atoms with E-state index in [2.05, 4.69) is 17.4 Å². The van der Waals surface area contributed by atoms with Crippen LogP contribution in [-0.4, -0.2) is 191 Å². The zero-order chi connectivity index (χ0) is 39.8. The van der Waals surface area contributed by atoms with Crippen LogP contribution in [-0.2, 0) is 39.6 Å². The molecule has 1 saturated carbocycles. The summed E-state index contributed by atoms with van der Waals surface area (Å²) in [5, 5.41) is 76.8. The van der Waals surface area contributed by atoms with Crippen molar-refractivity contribution < 1.29 is 68.9 Å². The minimum atomic E-state index is -1.52. The molecule has 1 aromatic rings. The van der Waals surface area contributed by atoms with Crippen molar-refractivity contribution in [3.05, 3.63) is 35.9 Å². The summed E-state index contributed by atoms with van der Waals surface area (Å²) in [4.78, 5) is 0. The monoisotopic (exact) mass is 790 g/mol. The maximum absolute atomic E-state index is 11.4. The van der Waals surface area contributed by atoms with Crippen LogP contribution < -0.4 is 34.0 Å². The second-order valence-electron chi connectivity index (χ2n) is 14.7. The maximum Gasteiger partial charge on any atom is 0.187 e. The molecule has 3 heterocycles. The van der Waals surface area contributed by atoms with E-state index in [4.69, 9.17) is 61.8 Å². The molecule has 5 rings (SSSR count). The molecule has 20 nitrogen and oxygen atoms in total. The van der Waals surface area contributed by atoms with Crippen molar-refractivity contribution in [1.82, 2.24) is 5.32 Å². The van der Waals surface area contributed by atoms with Gasteiger partial charge in [-0.2, -0.15) is 0 Å². The molecule has 3 saturated heterocycles. The van der Waals surface area contributed by atoms with Gasteiger partial charge in [-0.15, -0.1) is 0 Å². The predicted octanol–water partition coefficient (Wildman–Crippen LogP) is -6.22. The fourth-order valence-electron chi connectivity index (χ4n) is 7.47. The van der Waals surface area contributed by atoms with Gasteiger partial charge in [0.15, 0.2) is 18.9 Å². The second-order valence-corrected chi connectivity index (χ2v) is 14.7. The number of unbranched alkanes of at least 4 members (excludes halogenated alkanes) is 1. The van der Waals surface area contributed by atoms with Gasteiger partial charge in [0, 0.05) is 25.2 Å². The Labute approximate surface area is 320 Å². The molecule has 4 aliphatic rings. The smallest absolute Gasteiger partial charge is 0.187 e. The van der Waals surface area contributed by atoms with Crippen LogP contribution in [0.25, 0.3) is 0 Å². The van der Waals surface area contributed by atoms with E-state index in [-0.39, 0.29) is 19.6 Å². The predicted molar refractivity (Wildman–Crippen MR) is 192 cm³/mol. The normalized spacial score (nSPS) is 43.8. The van der Waals surface area contributed by atoms with Gasteiger partial charge < -0.3 is 103 Å². The van der Waals surface area contributed by atoms with Crippen molar-refractivity contribution in [2.75, 3.05) is 39.5 Å². The second kappa shape index (κ2) is 20.9. The average Bonchev–Trinajstić information content (AvgIpc) is 3.51. The topological polar surface area (TPSA) is 348 Å². The van der Waals surface area contributed by atoms with E-state index in [1.165, 1.54) is 5.56 Å². The number of hydrogen-bond donors (Lipinski definition) is 13. The van der Waals surface area contributed by atoms with Crippen LogP contribution in [0.2, 0.25) is 0 Å². The molecule has 20 heteroatoms. The zero-order valence-corrected chi connectivity index (χ0v) is 30.8. The highest BCUT2D eigenvalue weighted by molar-refractivity contribution is 5.14. The van der Waals surface area contributed by atoms with Crippen LogP contribution in [0.1, 0.15) is 24.8 Å². The molecular formula is C35H62N6O14. The number of nitrogens with one attached hydrogen (secondary N) is 1. The Hall–Kier alpha value is -1.58. The van der Waals surface area contributed by atoms with E-state index in [0.29, 0.717) is 6.54 Å². The fourth-order valence-corrected chi connectivity index (χ4v) is 7.47. The molecule has 0 amide bonds. The summed E-state index contributed by atoms with van der Waals surface area (Å²) in [7, 11) is 0. The van der Waals surface area contributed by atoms with Gasteiger partial charge in [0.05, 0.1) is 38.0 Å². The minimum absolute atomic E-state index is 0.0864. The number of aryl methyl sites for hydroxylation is 1. The van der Waals surface area contributed by atoms with Gasteiger partial charge in [0.2, 0.25) is 0 Å². The minimum Gasteiger partial charge on any atom is -0.394 e. The Morgan fingerprint density at radius 1 is 0.618 bits per heavy atom. The first-order valence-corrected chi connectivity index (χ1v) is 19.0. The number of benzene rings is 1. The van der Waals surface area contributed by atoms with Gasteiger partial charge in [0.1, 0.15) is 67.1 Å². The third-order valence-corrected chi connectivity index (χ3v) is 10.8. The summed E-state index contributed by atoms with van der Waals surface area (Å²) in [6.45, 7) is -0.129. The highest BCUT2D eigenvalue weighted by atomic mass is 16.8. The van der Waals surface area contributed by atoms with Gasteiger partial charge in [-0.05, 0) is 37.8 Å². The van der Waals surface area contributed by atoms with Crippen molar-refractivity contribution in [2.24, 2.45) is 28.7 Å². The lowest BCUT2D eigenvalue weighted by Gasteiger charge is -2.47. The first kappa shape index (κ1) is 44.5. The summed E-state index contributed by atoms with van der Waals surface area (Å²) in [5.41, 5.74) is 32.1. The lowest BCUT2D eigenvalue weighted by atomic mass is 9.84. The van der Waals surface area contributed by atoms with Crippen LogP contribution in [0.4, 0.5) is 0 Å². The first-order chi connectivity index (χ1) is 26.4. The van der Waals surface area contributed by atoms with Crippen molar-refractivity contribution in [2.45, 2.75) is 142 Å². The Kier molecular flexibility index (Phi) is 16.9. The molecule has 1 aliphatic carbocycles. The average molecular weight is 791 g/mol. The molecule has 19 atom stereocenters. The SMILES string of the molecule is NC[C@@H]1O[C@H](O[C@H]2[C@@H](OCCNCCCCc3ccccc3)[C@H](O[C@@H]3[C@@H](O)[C@H](N)C[C@H](N)[C@H]3O[C@H]3O[C@H](CO)[C@@H](O)[C@H](O)[C@H]3N)O[C@@H]2CO)[C@H](N)[C@@H](O)[C@@H]1O. The largest absolute Gasteiger partial charge is 0.394 e. The van der Waals surface area contributed by atoms with E-state index in [9.17, 15) is 35.7 Å². The van der Waals surface area contributed by atoms with Crippen molar-refractivity contribution in [3.63, 3.8) is 0 Å². The Morgan fingerprint density at radius 3 is 1.84 bits per heavy atom. The van der Waals surface area contributed by atoms with Gasteiger partial charge in [0.25, 0.3) is 0 Å². The highest BCUT2D eigenvalue weighted by Gasteiger charge is 2.55. The lowest BCUT2D eigenvalue weighted by Crippen LogP contribution is -2.68. The van der Waals surface area contributed by atoms with Crippen LogP contribution in [0.15, 0.2) is 30.3 Å². The van der Waals surface area contributed by atoms with Crippen LogP contribution in [0.3, 0.4) is 0 Å². The Balaban J connectivity index is 1.31. The molecular weight excluding hydrogens is 728 g/mol. The molecule has 0 bridgehead atoms. The lowest BCUT2D eigenvalue weighted by molar-refractivity contribution is -0.311. The molecule has 1 aromatic carbocycles. The van der Waals surface area contributed by atoms with Crippen LogP contribution in [0.5, 0.6) is 0 Å². The van der Waals surface area contributed by atoms with Gasteiger partial charge in [-0.25, -0.2) is 0 Å². The molecule has 316 valence electrons. The third-order valence-electron chi connectivity index (χ3n) is 10.8. The Morgan fingerprint density at radius 2 is 1.20 bits per heavy atom. The van der Waals surface area contributed by atoms with E-state index >= 15 is 0 Å². The summed E-state index contributed by atoms with van der Waals surface area (Å²) in [5.74, 6) is 0. The van der Waals surface area contributed by atoms with Crippen molar-refractivity contribution in [3.8, 4) is 0 Å². The van der Waals surface area contributed by atoms with E-state index < -0.39 is 129 Å². The van der Waals surface area contributed by atoms with E-state index in [1.807, 2.05) is 18.2 Å². The number of ether oxygens (including phenoxy) is 7. The number of hydrogen-bond acceptors (Lipinski definition) is 20. The maximum atomic E-state index is 11.4. The van der Waals surface area contributed by atoms with Crippen molar-refractivity contribution in [1.29, 1.82) is 0 Å². The molecule has 3 aliphatic heterocycles. The summed E-state index contributed by atoms with van der Waals surface area (Å²) in [6.07, 6.45) is -16.4. The van der Waals surface area contributed by atoms with Crippen molar-refractivity contribution >= 4 is 0 Å². The van der Waals surface area contributed by atoms with Gasteiger partial charge in [-0.3, -0.25) is 0 Å². The number of rotatable bonds is 18. The van der Waals surface area contributed by atoms with Gasteiger partial charge >= 0.3 is 0 Å². The number of aliphatic hydroxyl groups excluding tert-OH is 7. The standard InChI is InChI=1S/C35H62N6O14/c36-13-19-25(45)27(47)22(39)33(50-19)54-30-21(15-43)52-35(32(30)49-11-10-41-9-5-4-8-16-6-2-1-3-7-16)55-31-24(44)17(37)12-18(38)29(31)53-34-23(40)28(48)26(46)20(14-42)51-34/h1-3,6-7,17-35,41-48H,4-5,8-15,36-40H2/t17-,18+,19+,20-,21-,22-,23-,24+,25-,26-,27-,28-,29-,30-,31-,32-,33-,34-,35+/m1/s1. The van der Waals surface area contributed by atoms with E-state index in [0.717, 1.165) is 25.8 Å².